The van der Waals surface area contributed by atoms with Crippen molar-refractivity contribution >= 4 is 22.8 Å². The van der Waals surface area contributed by atoms with Crippen molar-refractivity contribution in [3.05, 3.63) is 30.1 Å². The second kappa shape index (κ2) is 6.86. The summed E-state index contributed by atoms with van der Waals surface area (Å²) in [6.45, 7) is 6.81. The van der Waals surface area contributed by atoms with Gasteiger partial charge in [0.2, 0.25) is 11.8 Å². The van der Waals surface area contributed by atoms with E-state index in [1.54, 1.807) is 11.9 Å². The molecule has 0 saturated carbocycles. The molecule has 134 valence electrons. The van der Waals surface area contributed by atoms with Crippen LogP contribution in [0.2, 0.25) is 0 Å². The number of nitrogens with one attached hydrogen (secondary N) is 1. The highest BCUT2D eigenvalue weighted by Gasteiger charge is 2.30. The maximum atomic E-state index is 12.6. The summed E-state index contributed by atoms with van der Waals surface area (Å²) in [7, 11) is 1.78. The first kappa shape index (κ1) is 17.5. The van der Waals surface area contributed by atoms with E-state index in [-0.39, 0.29) is 36.2 Å². The monoisotopic (exact) mass is 342 g/mol. The number of amides is 2. The van der Waals surface area contributed by atoms with E-state index in [0.717, 1.165) is 16.9 Å². The topological polar surface area (TPSA) is 67.2 Å². The van der Waals surface area contributed by atoms with Gasteiger partial charge in [-0.2, -0.15) is 0 Å². The van der Waals surface area contributed by atoms with Crippen LogP contribution in [0.15, 0.2) is 24.3 Å². The van der Waals surface area contributed by atoms with E-state index < -0.39 is 0 Å². The third kappa shape index (κ3) is 3.38. The van der Waals surface area contributed by atoms with Crippen molar-refractivity contribution in [2.75, 3.05) is 13.6 Å². The van der Waals surface area contributed by atoms with Crippen molar-refractivity contribution in [3.8, 4) is 0 Å². The van der Waals surface area contributed by atoms with Gasteiger partial charge in [-0.05, 0) is 39.3 Å². The molecular weight excluding hydrogens is 316 g/mol. The summed E-state index contributed by atoms with van der Waals surface area (Å²) in [6.07, 6.45) is 0.997. The Morgan fingerprint density at radius 1 is 1.28 bits per heavy atom. The fourth-order valence-electron chi connectivity index (χ4n) is 3.47. The maximum absolute atomic E-state index is 12.6. The Morgan fingerprint density at radius 3 is 2.68 bits per heavy atom. The number of rotatable bonds is 4. The zero-order valence-corrected chi connectivity index (χ0v) is 15.3. The Morgan fingerprint density at radius 2 is 2.00 bits per heavy atom. The average molecular weight is 342 g/mol. The molecule has 6 heteroatoms. The Bertz CT molecular complexity index is 796. The number of piperidine rings is 1. The molecule has 2 amide bonds. The summed E-state index contributed by atoms with van der Waals surface area (Å²) in [5, 5.41) is 3.06. The van der Waals surface area contributed by atoms with Crippen LogP contribution in [0.4, 0.5) is 0 Å². The second-order valence-electron chi connectivity index (χ2n) is 7.16. The van der Waals surface area contributed by atoms with Gasteiger partial charge in [0.25, 0.3) is 0 Å². The minimum Gasteiger partial charge on any atom is -0.346 e. The van der Waals surface area contributed by atoms with Crippen molar-refractivity contribution in [2.24, 2.45) is 5.92 Å². The van der Waals surface area contributed by atoms with Crippen molar-refractivity contribution in [3.63, 3.8) is 0 Å². The summed E-state index contributed by atoms with van der Waals surface area (Å²) in [6, 6.07) is 8.04. The lowest BCUT2D eigenvalue weighted by Crippen LogP contribution is -2.42. The lowest BCUT2D eigenvalue weighted by atomic mass is 9.95. The standard InChI is InChI=1S/C19H26N4O2/c1-12(2)23-16-8-6-5-7-15(16)21-18(23)13(3)20-19(25)14-9-10-22(4)17(24)11-14/h5-8,12-14H,9-11H2,1-4H3,(H,20,25)/t13-,14-/m1/s1. The van der Waals surface area contributed by atoms with Gasteiger partial charge in [-0.15, -0.1) is 0 Å². The third-order valence-electron chi connectivity index (χ3n) is 4.92. The van der Waals surface area contributed by atoms with Crippen LogP contribution < -0.4 is 5.32 Å². The number of benzene rings is 1. The lowest BCUT2D eigenvalue weighted by molar-refractivity contribution is -0.139. The van der Waals surface area contributed by atoms with Gasteiger partial charge >= 0.3 is 0 Å². The van der Waals surface area contributed by atoms with E-state index in [0.29, 0.717) is 13.0 Å². The molecule has 25 heavy (non-hydrogen) atoms. The summed E-state index contributed by atoms with van der Waals surface area (Å²) >= 11 is 0. The summed E-state index contributed by atoms with van der Waals surface area (Å²) < 4.78 is 2.17. The van der Waals surface area contributed by atoms with Crippen LogP contribution in [-0.4, -0.2) is 39.9 Å². The molecule has 0 aliphatic carbocycles. The van der Waals surface area contributed by atoms with Crippen molar-refractivity contribution < 1.29 is 9.59 Å². The van der Waals surface area contributed by atoms with E-state index in [1.807, 2.05) is 25.1 Å². The molecule has 1 aromatic heterocycles. The number of para-hydroxylation sites is 2. The Kier molecular flexibility index (Phi) is 4.79. The highest BCUT2D eigenvalue weighted by Crippen LogP contribution is 2.26. The van der Waals surface area contributed by atoms with E-state index in [9.17, 15) is 9.59 Å². The fraction of sp³-hybridized carbons (Fsp3) is 0.526. The molecule has 1 aliphatic heterocycles. The molecule has 6 nitrogen and oxygen atoms in total. The number of imidazole rings is 1. The van der Waals surface area contributed by atoms with Crippen LogP contribution in [0.5, 0.6) is 0 Å². The van der Waals surface area contributed by atoms with Gasteiger partial charge in [0.05, 0.1) is 17.1 Å². The van der Waals surface area contributed by atoms with Gasteiger partial charge in [-0.25, -0.2) is 4.98 Å². The largest absolute Gasteiger partial charge is 0.346 e. The summed E-state index contributed by atoms with van der Waals surface area (Å²) in [4.78, 5) is 30.9. The van der Waals surface area contributed by atoms with E-state index in [4.69, 9.17) is 4.98 Å². The van der Waals surface area contributed by atoms with E-state index in [2.05, 4.69) is 29.8 Å². The Hall–Kier alpha value is -2.37. The van der Waals surface area contributed by atoms with Crippen LogP contribution in [0.1, 0.15) is 51.5 Å². The lowest BCUT2D eigenvalue weighted by Gasteiger charge is -2.29. The molecule has 1 saturated heterocycles. The number of nitrogens with zero attached hydrogens (tertiary/aromatic N) is 3. The summed E-state index contributed by atoms with van der Waals surface area (Å²) in [5.41, 5.74) is 2.00. The molecule has 1 aromatic carbocycles. The molecule has 0 unspecified atom stereocenters. The van der Waals surface area contributed by atoms with Gasteiger partial charge in [-0.3, -0.25) is 9.59 Å². The predicted molar refractivity (Wildman–Crippen MR) is 97.0 cm³/mol. The number of fused-ring (bicyclic) bond motifs is 1. The summed E-state index contributed by atoms with van der Waals surface area (Å²) in [5.74, 6) is 0.580. The van der Waals surface area contributed by atoms with Crippen LogP contribution in [0.3, 0.4) is 0 Å². The number of carbonyl (C=O) groups is 2. The molecule has 2 atom stereocenters. The molecule has 1 aliphatic rings. The van der Waals surface area contributed by atoms with Crippen LogP contribution in [0, 0.1) is 5.92 Å². The number of carbonyl (C=O) groups excluding carboxylic acids is 2. The van der Waals surface area contributed by atoms with E-state index in [1.165, 1.54) is 0 Å². The zero-order chi connectivity index (χ0) is 18.1. The molecule has 3 rings (SSSR count). The first-order valence-corrected chi connectivity index (χ1v) is 8.89. The van der Waals surface area contributed by atoms with Gasteiger partial charge in [0.15, 0.2) is 0 Å². The number of hydrogen-bond acceptors (Lipinski definition) is 3. The van der Waals surface area contributed by atoms with Crippen LogP contribution in [0.25, 0.3) is 11.0 Å². The zero-order valence-electron chi connectivity index (χ0n) is 15.3. The molecule has 2 heterocycles. The first-order valence-electron chi connectivity index (χ1n) is 8.89. The number of likely N-dealkylation sites (tertiary alicyclic amines) is 1. The smallest absolute Gasteiger partial charge is 0.224 e. The molecule has 0 bridgehead atoms. The SMILES string of the molecule is CC(C)n1c([C@@H](C)NC(=O)[C@@H]2CCN(C)C(=O)C2)nc2ccccc21. The average Bonchev–Trinajstić information content (AvgIpc) is 2.97. The highest BCUT2D eigenvalue weighted by molar-refractivity contribution is 5.87. The van der Waals surface area contributed by atoms with Crippen LogP contribution >= 0.6 is 0 Å². The molecule has 0 spiro atoms. The minimum atomic E-state index is -0.247. The van der Waals surface area contributed by atoms with Crippen LogP contribution in [-0.2, 0) is 9.59 Å². The number of aromatic nitrogens is 2. The van der Waals surface area contributed by atoms with Gasteiger partial charge in [-0.1, -0.05) is 12.1 Å². The quantitative estimate of drug-likeness (QED) is 0.929. The van der Waals surface area contributed by atoms with Crippen molar-refractivity contribution in [1.82, 2.24) is 19.8 Å². The van der Waals surface area contributed by atoms with Gasteiger partial charge in [0, 0.05) is 32.0 Å². The molecule has 2 aromatic rings. The fourth-order valence-corrected chi connectivity index (χ4v) is 3.47. The van der Waals surface area contributed by atoms with Gasteiger partial charge < -0.3 is 14.8 Å². The third-order valence-corrected chi connectivity index (χ3v) is 4.92. The normalized spacial score (nSPS) is 19.5. The Labute approximate surface area is 148 Å². The predicted octanol–water partition coefficient (Wildman–Crippen LogP) is 2.66. The highest BCUT2D eigenvalue weighted by atomic mass is 16.2. The molecule has 1 N–H and O–H groups in total. The van der Waals surface area contributed by atoms with Crippen molar-refractivity contribution in [2.45, 2.75) is 45.7 Å². The second-order valence-corrected chi connectivity index (χ2v) is 7.16. The molecule has 1 fully saturated rings. The minimum absolute atomic E-state index is 0.0356. The molecular formula is C19H26N4O2. The first-order chi connectivity index (χ1) is 11.9. The Balaban J connectivity index is 1.80. The van der Waals surface area contributed by atoms with Gasteiger partial charge in [0.1, 0.15) is 5.82 Å². The van der Waals surface area contributed by atoms with E-state index >= 15 is 0 Å². The maximum Gasteiger partial charge on any atom is 0.224 e. The number of hydrogen-bond donors (Lipinski definition) is 1. The van der Waals surface area contributed by atoms with Crippen molar-refractivity contribution in [1.29, 1.82) is 0 Å². The molecule has 0 radical (unpaired) electrons.